The highest BCUT2D eigenvalue weighted by atomic mass is 32.2. The number of benzene rings is 1. The number of nitro groups is 1. The molecule has 1 aromatic carbocycles. The van der Waals surface area contributed by atoms with Crippen molar-refractivity contribution >= 4 is 15.7 Å². The van der Waals surface area contributed by atoms with Gasteiger partial charge in [-0.1, -0.05) is 13.0 Å². The Kier molecular flexibility index (Phi) is 4.07. The number of hydrogen-bond acceptors (Lipinski definition) is 5. The van der Waals surface area contributed by atoms with Crippen molar-refractivity contribution in [2.75, 3.05) is 13.1 Å². The molecular weight excluding hydrogens is 284 g/mol. The molecule has 1 saturated heterocycles. The second-order valence-corrected chi connectivity index (χ2v) is 6.89. The van der Waals surface area contributed by atoms with Crippen molar-refractivity contribution in [2.45, 2.75) is 24.3 Å². The fourth-order valence-corrected chi connectivity index (χ4v) is 3.82. The van der Waals surface area contributed by atoms with Crippen molar-refractivity contribution in [3.8, 4) is 0 Å². The molecule has 0 amide bonds. The van der Waals surface area contributed by atoms with Gasteiger partial charge in [0, 0.05) is 25.2 Å². The first kappa shape index (κ1) is 14.9. The molecule has 0 spiro atoms. The van der Waals surface area contributed by atoms with Gasteiger partial charge in [0.25, 0.3) is 5.69 Å². The molecule has 1 fully saturated rings. The Balaban J connectivity index is 2.31. The average molecular weight is 300 g/mol. The van der Waals surface area contributed by atoms with Gasteiger partial charge >= 0.3 is 0 Å². The minimum atomic E-state index is -3.76. The first-order valence-corrected chi connectivity index (χ1v) is 7.69. The smallest absolute Gasteiger partial charge is 0.270 e. The first-order chi connectivity index (χ1) is 9.32. The Morgan fingerprint density at radius 3 is 2.75 bits per heavy atom. The van der Waals surface area contributed by atoms with Crippen LogP contribution in [0.1, 0.15) is 13.3 Å². The molecule has 0 bridgehead atoms. The van der Waals surface area contributed by atoms with Crippen LogP contribution in [-0.2, 0) is 10.0 Å². The quantitative estimate of drug-likeness (QED) is 0.662. The molecule has 110 valence electrons. The normalized spacial score (nSPS) is 24.5. The zero-order valence-corrected chi connectivity index (χ0v) is 11.8. The lowest BCUT2D eigenvalue weighted by atomic mass is 9.99. The van der Waals surface area contributed by atoms with Crippen LogP contribution >= 0.6 is 0 Å². The molecule has 0 aromatic heterocycles. The summed E-state index contributed by atoms with van der Waals surface area (Å²) < 4.78 is 26.1. The van der Waals surface area contributed by atoms with E-state index in [1.165, 1.54) is 22.5 Å². The fraction of sp³-hybridized carbons (Fsp3) is 0.500. The molecule has 20 heavy (non-hydrogen) atoms. The van der Waals surface area contributed by atoms with Crippen molar-refractivity contribution in [3.63, 3.8) is 0 Å². The lowest BCUT2D eigenvalue weighted by Crippen LogP contribution is -2.44. The van der Waals surface area contributed by atoms with E-state index in [9.17, 15) is 23.6 Å². The zero-order valence-electron chi connectivity index (χ0n) is 11.0. The standard InChI is InChI=1S/C12H16N2O5S/c1-9-8-13(6-5-12(9)15)20(18,19)11-4-2-3-10(7-11)14(16)17/h2-4,7,9,12,15H,5-6,8H2,1H3. The minimum Gasteiger partial charge on any atom is -0.393 e. The minimum absolute atomic E-state index is 0.0877. The monoisotopic (exact) mass is 300 g/mol. The van der Waals surface area contributed by atoms with E-state index in [4.69, 9.17) is 0 Å². The molecular formula is C12H16N2O5S. The summed E-state index contributed by atoms with van der Waals surface area (Å²) in [6.45, 7) is 2.21. The molecule has 0 radical (unpaired) electrons. The highest BCUT2D eigenvalue weighted by Crippen LogP contribution is 2.25. The predicted molar refractivity (Wildman–Crippen MR) is 71.6 cm³/mol. The van der Waals surface area contributed by atoms with Crippen LogP contribution in [-0.4, -0.2) is 41.9 Å². The molecule has 8 heteroatoms. The molecule has 1 heterocycles. The van der Waals surface area contributed by atoms with Gasteiger partial charge in [-0.25, -0.2) is 8.42 Å². The number of aliphatic hydroxyl groups is 1. The summed E-state index contributed by atoms with van der Waals surface area (Å²) in [6, 6.07) is 5.01. The molecule has 2 rings (SSSR count). The Labute approximate surface area is 117 Å². The number of nitrogens with zero attached hydrogens (tertiary/aromatic N) is 2. The van der Waals surface area contributed by atoms with Crippen LogP contribution in [0.15, 0.2) is 29.2 Å². The molecule has 1 aliphatic heterocycles. The SMILES string of the molecule is CC1CN(S(=O)(=O)c2cccc([N+](=O)[O-])c2)CCC1O. The highest BCUT2D eigenvalue weighted by Gasteiger charge is 2.33. The van der Waals surface area contributed by atoms with E-state index < -0.39 is 21.1 Å². The maximum absolute atomic E-state index is 12.4. The van der Waals surface area contributed by atoms with Crippen LogP contribution in [0, 0.1) is 16.0 Å². The van der Waals surface area contributed by atoms with Gasteiger partial charge in [0.15, 0.2) is 0 Å². The number of rotatable bonds is 3. The third-order valence-corrected chi connectivity index (χ3v) is 5.35. The third kappa shape index (κ3) is 2.82. The Hall–Kier alpha value is -1.51. The maximum Gasteiger partial charge on any atom is 0.270 e. The van der Waals surface area contributed by atoms with Crippen molar-refractivity contribution in [2.24, 2.45) is 5.92 Å². The van der Waals surface area contributed by atoms with Crippen molar-refractivity contribution in [1.29, 1.82) is 0 Å². The van der Waals surface area contributed by atoms with Crippen molar-refractivity contribution in [3.05, 3.63) is 34.4 Å². The average Bonchev–Trinajstić information content (AvgIpc) is 2.42. The summed E-state index contributed by atoms with van der Waals surface area (Å²) in [7, 11) is -3.76. The zero-order chi connectivity index (χ0) is 14.9. The van der Waals surface area contributed by atoms with Gasteiger partial charge in [0.1, 0.15) is 0 Å². The first-order valence-electron chi connectivity index (χ1n) is 6.25. The number of piperidine rings is 1. The largest absolute Gasteiger partial charge is 0.393 e. The van der Waals surface area contributed by atoms with Crippen LogP contribution < -0.4 is 0 Å². The summed E-state index contributed by atoms with van der Waals surface area (Å²) in [5.74, 6) is -0.155. The van der Waals surface area contributed by atoms with Crippen molar-refractivity contribution < 1.29 is 18.4 Å². The van der Waals surface area contributed by atoms with Crippen molar-refractivity contribution in [1.82, 2.24) is 4.31 Å². The molecule has 2 atom stereocenters. The number of nitro benzene ring substituents is 1. The Morgan fingerprint density at radius 2 is 2.15 bits per heavy atom. The van der Waals surface area contributed by atoms with E-state index in [-0.39, 0.29) is 29.6 Å². The summed E-state index contributed by atoms with van der Waals surface area (Å²) in [5.41, 5.74) is -0.254. The second-order valence-electron chi connectivity index (χ2n) is 4.95. The number of sulfonamides is 1. The third-order valence-electron chi connectivity index (χ3n) is 3.49. The molecule has 1 N–H and O–H groups in total. The summed E-state index contributed by atoms with van der Waals surface area (Å²) in [6.07, 6.45) is -0.137. The Bertz CT molecular complexity index is 616. The van der Waals surface area contributed by atoms with Crippen LogP contribution in [0.3, 0.4) is 0 Å². The summed E-state index contributed by atoms with van der Waals surface area (Å²) >= 11 is 0. The van der Waals surface area contributed by atoms with E-state index in [2.05, 4.69) is 0 Å². The number of non-ortho nitro benzene ring substituents is 1. The van der Waals surface area contributed by atoms with Crippen LogP contribution in [0.4, 0.5) is 5.69 Å². The van der Waals surface area contributed by atoms with E-state index in [1.54, 1.807) is 6.92 Å². The molecule has 7 nitrogen and oxygen atoms in total. The maximum atomic E-state index is 12.4. The Morgan fingerprint density at radius 1 is 1.45 bits per heavy atom. The molecule has 2 unspecified atom stereocenters. The fourth-order valence-electron chi connectivity index (χ4n) is 2.22. The second kappa shape index (κ2) is 5.47. The summed E-state index contributed by atoms with van der Waals surface area (Å²) in [5, 5.41) is 20.4. The van der Waals surface area contributed by atoms with Crippen LogP contribution in [0.2, 0.25) is 0 Å². The lowest BCUT2D eigenvalue weighted by molar-refractivity contribution is -0.385. The van der Waals surface area contributed by atoms with Crippen LogP contribution in [0.5, 0.6) is 0 Å². The predicted octanol–water partition coefficient (Wildman–Crippen LogP) is 0.986. The molecule has 0 aliphatic carbocycles. The molecule has 0 saturated carbocycles. The van der Waals surface area contributed by atoms with Gasteiger partial charge in [0.2, 0.25) is 10.0 Å². The van der Waals surface area contributed by atoms with Gasteiger partial charge < -0.3 is 5.11 Å². The van der Waals surface area contributed by atoms with E-state index in [0.717, 1.165) is 6.07 Å². The highest BCUT2D eigenvalue weighted by molar-refractivity contribution is 7.89. The summed E-state index contributed by atoms with van der Waals surface area (Å²) in [4.78, 5) is 10.0. The number of aliphatic hydroxyl groups excluding tert-OH is 1. The van der Waals surface area contributed by atoms with Gasteiger partial charge in [-0.3, -0.25) is 10.1 Å². The van der Waals surface area contributed by atoms with Gasteiger partial charge in [-0.05, 0) is 18.4 Å². The van der Waals surface area contributed by atoms with Gasteiger partial charge in [-0.2, -0.15) is 4.31 Å². The van der Waals surface area contributed by atoms with E-state index >= 15 is 0 Å². The molecule has 1 aromatic rings. The van der Waals surface area contributed by atoms with E-state index in [1.807, 2.05) is 0 Å². The lowest BCUT2D eigenvalue weighted by Gasteiger charge is -2.33. The molecule has 1 aliphatic rings. The number of hydrogen-bond donors (Lipinski definition) is 1. The van der Waals surface area contributed by atoms with Gasteiger partial charge in [0.05, 0.1) is 15.9 Å². The topological polar surface area (TPSA) is 101 Å². The van der Waals surface area contributed by atoms with Crippen LogP contribution in [0.25, 0.3) is 0 Å². The van der Waals surface area contributed by atoms with Gasteiger partial charge in [-0.15, -0.1) is 0 Å². The van der Waals surface area contributed by atoms with E-state index in [0.29, 0.717) is 6.42 Å².